The van der Waals surface area contributed by atoms with E-state index < -0.39 is 17.2 Å². The Morgan fingerprint density at radius 2 is 2.36 bits per heavy atom. The van der Waals surface area contributed by atoms with E-state index in [1.54, 1.807) is 6.92 Å². The Hall–Kier alpha value is -1.81. The van der Waals surface area contributed by atoms with Gasteiger partial charge in [-0.25, -0.2) is 14.7 Å². The van der Waals surface area contributed by atoms with Crippen molar-refractivity contribution in [2.24, 2.45) is 0 Å². The van der Waals surface area contributed by atoms with Gasteiger partial charge < -0.3 is 10.1 Å². The molecule has 2 rings (SSSR count). The molecule has 0 saturated carbocycles. The summed E-state index contributed by atoms with van der Waals surface area (Å²) in [5.74, 6) is -0.455. The molecule has 1 aromatic heterocycles. The molecule has 0 unspecified atom stereocenters. The minimum absolute atomic E-state index is 0.00958. The fourth-order valence-electron chi connectivity index (χ4n) is 2.03. The second-order valence-corrected chi connectivity index (χ2v) is 6.19. The summed E-state index contributed by atoms with van der Waals surface area (Å²) < 4.78 is 6.98. The van der Waals surface area contributed by atoms with E-state index in [0.717, 1.165) is 24.6 Å². The average Bonchev–Trinajstić information content (AvgIpc) is 3.12. The van der Waals surface area contributed by atoms with Gasteiger partial charge in [0.25, 0.3) is 0 Å². The van der Waals surface area contributed by atoms with Gasteiger partial charge in [0.2, 0.25) is 5.91 Å². The largest absolute Gasteiger partial charge is 0.376 e. The zero-order valence-electron chi connectivity index (χ0n) is 12.4. The normalized spacial score (nSPS) is 18.9. The molecule has 10 heteroatoms. The number of H-pyrrole nitrogens is 1. The van der Waals surface area contributed by atoms with Crippen LogP contribution >= 0.6 is 11.8 Å². The first kappa shape index (κ1) is 16.6. The third kappa shape index (κ3) is 4.10. The number of nitrogens with zero attached hydrogens (tertiary/aromatic N) is 2. The number of hydrogen-bond acceptors (Lipinski definition) is 6. The highest BCUT2D eigenvalue weighted by Crippen LogP contribution is 2.21. The van der Waals surface area contributed by atoms with Crippen LogP contribution in [0.25, 0.3) is 0 Å². The molecule has 3 amide bonds. The van der Waals surface area contributed by atoms with Gasteiger partial charge in [-0.15, -0.1) is 5.10 Å². The van der Waals surface area contributed by atoms with Gasteiger partial charge in [-0.1, -0.05) is 11.8 Å². The summed E-state index contributed by atoms with van der Waals surface area (Å²) in [6, 6.07) is -0.573. The van der Waals surface area contributed by atoms with Crippen LogP contribution in [-0.2, 0) is 16.1 Å². The average molecular weight is 329 g/mol. The van der Waals surface area contributed by atoms with Crippen molar-refractivity contribution in [1.29, 1.82) is 0 Å². The molecule has 0 spiro atoms. The molecule has 9 nitrogen and oxygen atoms in total. The zero-order valence-corrected chi connectivity index (χ0v) is 13.2. The van der Waals surface area contributed by atoms with E-state index in [0.29, 0.717) is 18.3 Å². The van der Waals surface area contributed by atoms with Crippen LogP contribution in [-0.4, -0.2) is 51.7 Å². The Bertz CT molecular complexity index is 593. The van der Waals surface area contributed by atoms with Crippen molar-refractivity contribution in [3.05, 3.63) is 10.5 Å². The van der Waals surface area contributed by atoms with Crippen molar-refractivity contribution in [2.45, 2.75) is 42.8 Å². The number of ether oxygens (including phenoxy) is 1. The van der Waals surface area contributed by atoms with Crippen LogP contribution < -0.4 is 16.3 Å². The molecule has 1 aromatic rings. The molecule has 122 valence electrons. The first-order valence-electron chi connectivity index (χ1n) is 6.97. The predicted octanol–water partition coefficient (Wildman–Crippen LogP) is -0.313. The van der Waals surface area contributed by atoms with Gasteiger partial charge >= 0.3 is 11.7 Å². The minimum Gasteiger partial charge on any atom is -0.376 e. The van der Waals surface area contributed by atoms with Gasteiger partial charge in [0, 0.05) is 13.7 Å². The van der Waals surface area contributed by atoms with E-state index >= 15 is 0 Å². The molecule has 1 aliphatic rings. The highest BCUT2D eigenvalue weighted by molar-refractivity contribution is 8.00. The van der Waals surface area contributed by atoms with Gasteiger partial charge in [0.1, 0.15) is 0 Å². The smallest absolute Gasteiger partial charge is 0.344 e. The van der Waals surface area contributed by atoms with Crippen molar-refractivity contribution in [3.8, 4) is 0 Å². The van der Waals surface area contributed by atoms with Gasteiger partial charge in [-0.05, 0) is 19.8 Å². The van der Waals surface area contributed by atoms with Crippen LogP contribution in [0, 0.1) is 0 Å². The molecule has 0 aliphatic carbocycles. The number of aromatic amines is 1. The maximum atomic E-state index is 11.8. The number of imide groups is 1. The first-order chi connectivity index (χ1) is 10.5. The van der Waals surface area contributed by atoms with Crippen LogP contribution in [0.1, 0.15) is 19.8 Å². The van der Waals surface area contributed by atoms with Crippen molar-refractivity contribution < 1.29 is 14.3 Å². The van der Waals surface area contributed by atoms with E-state index in [4.69, 9.17) is 4.74 Å². The number of hydrogen-bond donors (Lipinski definition) is 3. The lowest BCUT2D eigenvalue weighted by Crippen LogP contribution is -2.41. The van der Waals surface area contributed by atoms with Gasteiger partial charge in [-0.3, -0.25) is 14.7 Å². The number of carbonyl (C=O) groups is 2. The van der Waals surface area contributed by atoms with Crippen LogP contribution in [0.5, 0.6) is 0 Å². The fraction of sp³-hybridized carbons (Fsp3) is 0.667. The molecule has 2 heterocycles. The number of nitrogens with one attached hydrogen (secondary N) is 3. The number of thioether (sulfide) groups is 1. The summed E-state index contributed by atoms with van der Waals surface area (Å²) in [6.45, 7) is 2.74. The van der Waals surface area contributed by atoms with Gasteiger partial charge in [0.05, 0.1) is 17.9 Å². The van der Waals surface area contributed by atoms with Crippen molar-refractivity contribution in [3.63, 3.8) is 0 Å². The summed E-state index contributed by atoms with van der Waals surface area (Å²) in [6.07, 6.45) is 1.86. The molecule has 1 saturated heterocycles. The van der Waals surface area contributed by atoms with Crippen molar-refractivity contribution >= 4 is 23.7 Å². The topological polar surface area (TPSA) is 118 Å². The molecular formula is C12H19N5O4S. The van der Waals surface area contributed by atoms with Crippen LogP contribution in [0.4, 0.5) is 4.79 Å². The number of rotatable bonds is 5. The van der Waals surface area contributed by atoms with Crippen LogP contribution in [0.2, 0.25) is 0 Å². The second-order valence-electron chi connectivity index (χ2n) is 4.89. The zero-order chi connectivity index (χ0) is 16.1. The first-order valence-corrected chi connectivity index (χ1v) is 7.85. The molecule has 1 aliphatic heterocycles. The lowest BCUT2D eigenvalue weighted by atomic mass is 10.2. The second kappa shape index (κ2) is 7.45. The third-order valence-electron chi connectivity index (χ3n) is 3.25. The Labute approximate surface area is 131 Å². The molecular weight excluding hydrogens is 310 g/mol. The summed E-state index contributed by atoms with van der Waals surface area (Å²) in [5.41, 5.74) is -0.336. The quantitative estimate of drug-likeness (QED) is 0.638. The molecule has 1 fully saturated rings. The highest BCUT2D eigenvalue weighted by atomic mass is 32.2. The lowest BCUT2D eigenvalue weighted by Gasteiger charge is -2.13. The fourth-order valence-corrected chi connectivity index (χ4v) is 2.90. The minimum atomic E-state index is -0.573. The third-order valence-corrected chi connectivity index (χ3v) is 4.34. The van der Waals surface area contributed by atoms with E-state index in [-0.39, 0.29) is 11.8 Å². The SMILES string of the molecule is CNC(=O)NC(=O)[C@H](C)Sc1n[nH]c(=O)n1C[C@@H]1CCCO1. The standard InChI is InChI=1S/C12H19N5O4S/c1-7(9(18)14-10(19)13-2)22-12-16-15-11(20)17(12)6-8-4-3-5-21-8/h7-8H,3-6H2,1-2H3,(H,15,20)(H2,13,14,18,19)/t7-,8-/m0/s1. The Balaban J connectivity index is 2.01. The highest BCUT2D eigenvalue weighted by Gasteiger charge is 2.23. The van der Waals surface area contributed by atoms with Crippen LogP contribution in [0.3, 0.4) is 0 Å². The maximum absolute atomic E-state index is 11.8. The Morgan fingerprint density at radius 1 is 1.59 bits per heavy atom. The summed E-state index contributed by atoms with van der Waals surface area (Å²) in [5, 5.41) is 10.6. The van der Waals surface area contributed by atoms with E-state index in [1.165, 1.54) is 11.6 Å². The van der Waals surface area contributed by atoms with Gasteiger partial charge in [0.15, 0.2) is 5.16 Å². The summed E-state index contributed by atoms with van der Waals surface area (Å²) in [4.78, 5) is 34.8. The Morgan fingerprint density at radius 3 is 3.00 bits per heavy atom. The predicted molar refractivity (Wildman–Crippen MR) is 79.7 cm³/mol. The molecule has 0 radical (unpaired) electrons. The van der Waals surface area contributed by atoms with Crippen molar-refractivity contribution in [1.82, 2.24) is 25.4 Å². The maximum Gasteiger partial charge on any atom is 0.344 e. The van der Waals surface area contributed by atoms with Crippen molar-refractivity contribution in [2.75, 3.05) is 13.7 Å². The number of urea groups is 1. The van der Waals surface area contributed by atoms with Crippen LogP contribution in [0.15, 0.2) is 9.95 Å². The molecule has 22 heavy (non-hydrogen) atoms. The number of aromatic nitrogens is 3. The van der Waals surface area contributed by atoms with E-state index in [2.05, 4.69) is 20.8 Å². The van der Waals surface area contributed by atoms with E-state index in [9.17, 15) is 14.4 Å². The summed E-state index contributed by atoms with van der Waals surface area (Å²) >= 11 is 1.11. The summed E-state index contributed by atoms with van der Waals surface area (Å²) in [7, 11) is 1.42. The number of carbonyl (C=O) groups excluding carboxylic acids is 2. The molecule has 3 N–H and O–H groups in total. The van der Waals surface area contributed by atoms with Gasteiger partial charge in [-0.2, -0.15) is 0 Å². The van der Waals surface area contributed by atoms with E-state index in [1.807, 2.05) is 0 Å². The monoisotopic (exact) mass is 329 g/mol. The molecule has 2 atom stereocenters. The molecule has 0 bridgehead atoms. The number of amides is 3. The lowest BCUT2D eigenvalue weighted by molar-refractivity contribution is -0.119. The molecule has 0 aromatic carbocycles. The Kier molecular flexibility index (Phi) is 5.61.